The van der Waals surface area contributed by atoms with Gasteiger partial charge in [0.1, 0.15) is 0 Å². The normalized spacial score (nSPS) is 23.6. The summed E-state index contributed by atoms with van der Waals surface area (Å²) in [6.45, 7) is 6.08. The Hall–Kier alpha value is -0.970. The molecule has 1 aliphatic carbocycles. The van der Waals surface area contributed by atoms with Crippen molar-refractivity contribution < 1.29 is 0 Å². The monoisotopic (exact) mass is 281 g/mol. The summed E-state index contributed by atoms with van der Waals surface area (Å²) in [6.07, 6.45) is 9.08. The number of aromatic nitrogens is 2. The molecule has 1 aromatic heterocycles. The van der Waals surface area contributed by atoms with Gasteiger partial charge in [0, 0.05) is 29.2 Å². The standard InChI is InChI=1S/C14H23N3OS/c1-14(2,3)17-8-7-15-12(13(17)18)16-10-5-6-11(9-10)19-4/h7-8,10-11H,5-6,9H2,1-4H3,(H,15,16). The molecule has 106 valence electrons. The van der Waals surface area contributed by atoms with Crippen molar-refractivity contribution in [2.75, 3.05) is 11.6 Å². The van der Waals surface area contributed by atoms with Crippen LogP contribution in [0, 0.1) is 0 Å². The van der Waals surface area contributed by atoms with Gasteiger partial charge in [-0.25, -0.2) is 4.98 Å². The van der Waals surface area contributed by atoms with Crippen LogP contribution in [-0.4, -0.2) is 27.1 Å². The molecule has 0 aromatic carbocycles. The maximum absolute atomic E-state index is 12.4. The highest BCUT2D eigenvalue weighted by Gasteiger charge is 2.25. The Morgan fingerprint density at radius 2 is 2.16 bits per heavy atom. The lowest BCUT2D eigenvalue weighted by atomic mass is 10.1. The molecule has 0 amide bonds. The molecule has 0 saturated heterocycles. The first-order valence-electron chi connectivity index (χ1n) is 6.79. The predicted molar refractivity (Wildman–Crippen MR) is 82.1 cm³/mol. The van der Waals surface area contributed by atoms with E-state index in [0.29, 0.717) is 17.1 Å². The maximum atomic E-state index is 12.4. The van der Waals surface area contributed by atoms with Crippen LogP contribution in [0.5, 0.6) is 0 Å². The maximum Gasteiger partial charge on any atom is 0.293 e. The molecule has 4 nitrogen and oxygen atoms in total. The second-order valence-electron chi connectivity index (χ2n) is 6.13. The molecule has 0 aliphatic heterocycles. The molecule has 0 radical (unpaired) electrons. The molecule has 2 atom stereocenters. The van der Waals surface area contributed by atoms with Gasteiger partial charge in [-0.1, -0.05) is 0 Å². The highest BCUT2D eigenvalue weighted by molar-refractivity contribution is 7.99. The quantitative estimate of drug-likeness (QED) is 0.925. The van der Waals surface area contributed by atoms with Crippen LogP contribution in [0.3, 0.4) is 0 Å². The number of hydrogen-bond acceptors (Lipinski definition) is 4. The summed E-state index contributed by atoms with van der Waals surface area (Å²) in [7, 11) is 0. The van der Waals surface area contributed by atoms with Crippen LogP contribution in [0.15, 0.2) is 17.2 Å². The van der Waals surface area contributed by atoms with Crippen LogP contribution in [0.25, 0.3) is 0 Å². The molecule has 0 spiro atoms. The summed E-state index contributed by atoms with van der Waals surface area (Å²) in [4.78, 5) is 16.6. The van der Waals surface area contributed by atoms with Crippen molar-refractivity contribution in [2.24, 2.45) is 0 Å². The largest absolute Gasteiger partial charge is 0.363 e. The summed E-state index contributed by atoms with van der Waals surface area (Å²) in [5, 5.41) is 4.04. The Morgan fingerprint density at radius 3 is 2.74 bits per heavy atom. The molecule has 1 N–H and O–H groups in total. The van der Waals surface area contributed by atoms with Gasteiger partial charge in [0.2, 0.25) is 0 Å². The Bertz CT molecular complexity index is 492. The first kappa shape index (κ1) is 14.4. The zero-order valence-corrected chi connectivity index (χ0v) is 13.0. The highest BCUT2D eigenvalue weighted by Crippen LogP contribution is 2.29. The van der Waals surface area contributed by atoms with E-state index in [1.54, 1.807) is 17.0 Å². The Kier molecular flexibility index (Phi) is 4.23. The number of nitrogens with one attached hydrogen (secondary N) is 1. The van der Waals surface area contributed by atoms with Crippen molar-refractivity contribution in [2.45, 2.75) is 56.9 Å². The average Bonchev–Trinajstić information content (AvgIpc) is 2.78. The third-order valence-corrected chi connectivity index (χ3v) is 4.72. The van der Waals surface area contributed by atoms with E-state index in [0.717, 1.165) is 12.8 Å². The second kappa shape index (κ2) is 5.57. The lowest BCUT2D eigenvalue weighted by Crippen LogP contribution is -2.36. The molecule has 1 aliphatic rings. The SMILES string of the molecule is CSC1CCC(Nc2nccn(C(C)(C)C)c2=O)C1. The van der Waals surface area contributed by atoms with Gasteiger partial charge in [-0.2, -0.15) is 11.8 Å². The van der Waals surface area contributed by atoms with Crippen LogP contribution in [0.2, 0.25) is 0 Å². The second-order valence-corrected chi connectivity index (χ2v) is 7.27. The molecule has 5 heteroatoms. The van der Waals surface area contributed by atoms with Crippen molar-refractivity contribution in [3.8, 4) is 0 Å². The van der Waals surface area contributed by atoms with Gasteiger partial charge in [0.15, 0.2) is 5.82 Å². The van der Waals surface area contributed by atoms with E-state index in [2.05, 4.69) is 16.6 Å². The summed E-state index contributed by atoms with van der Waals surface area (Å²) in [6, 6.07) is 0.383. The van der Waals surface area contributed by atoms with Crippen LogP contribution in [0.4, 0.5) is 5.82 Å². The van der Waals surface area contributed by atoms with Gasteiger partial charge >= 0.3 is 0 Å². The lowest BCUT2D eigenvalue weighted by molar-refractivity contribution is 0.383. The van der Waals surface area contributed by atoms with Crippen molar-refractivity contribution in [3.05, 3.63) is 22.7 Å². The number of rotatable bonds is 3. The first-order valence-corrected chi connectivity index (χ1v) is 8.08. The Balaban J connectivity index is 2.16. The van der Waals surface area contributed by atoms with E-state index in [1.807, 2.05) is 32.5 Å². The van der Waals surface area contributed by atoms with Crippen molar-refractivity contribution in [3.63, 3.8) is 0 Å². The van der Waals surface area contributed by atoms with E-state index in [-0.39, 0.29) is 11.1 Å². The molecule has 1 saturated carbocycles. The van der Waals surface area contributed by atoms with Gasteiger partial charge in [0.05, 0.1) is 0 Å². The number of nitrogens with zero attached hydrogens (tertiary/aromatic N) is 2. The zero-order chi connectivity index (χ0) is 14.0. The summed E-state index contributed by atoms with van der Waals surface area (Å²) < 4.78 is 1.74. The van der Waals surface area contributed by atoms with Crippen molar-refractivity contribution >= 4 is 17.6 Å². The highest BCUT2D eigenvalue weighted by atomic mass is 32.2. The van der Waals surface area contributed by atoms with E-state index in [9.17, 15) is 4.79 Å². The fraction of sp³-hybridized carbons (Fsp3) is 0.714. The number of thioether (sulfide) groups is 1. The van der Waals surface area contributed by atoms with E-state index < -0.39 is 0 Å². The van der Waals surface area contributed by atoms with Gasteiger partial charge in [-0.05, 0) is 46.3 Å². The van der Waals surface area contributed by atoms with Crippen LogP contribution in [0.1, 0.15) is 40.0 Å². The first-order chi connectivity index (χ1) is 8.91. The van der Waals surface area contributed by atoms with Crippen LogP contribution < -0.4 is 10.9 Å². The molecule has 1 aromatic rings. The summed E-state index contributed by atoms with van der Waals surface area (Å²) in [5.41, 5.74) is -0.240. The zero-order valence-electron chi connectivity index (χ0n) is 12.1. The topological polar surface area (TPSA) is 46.9 Å². The fourth-order valence-electron chi connectivity index (χ4n) is 2.52. The molecule has 2 rings (SSSR count). The summed E-state index contributed by atoms with van der Waals surface area (Å²) in [5.74, 6) is 0.490. The molecule has 19 heavy (non-hydrogen) atoms. The third kappa shape index (κ3) is 3.32. The number of anilines is 1. The van der Waals surface area contributed by atoms with Gasteiger partial charge in [-0.15, -0.1) is 0 Å². The van der Waals surface area contributed by atoms with E-state index >= 15 is 0 Å². The minimum Gasteiger partial charge on any atom is -0.363 e. The molecular formula is C14H23N3OS. The molecular weight excluding hydrogens is 258 g/mol. The smallest absolute Gasteiger partial charge is 0.293 e. The Morgan fingerprint density at radius 1 is 1.42 bits per heavy atom. The van der Waals surface area contributed by atoms with Crippen molar-refractivity contribution in [1.29, 1.82) is 0 Å². The molecule has 0 bridgehead atoms. The minimum atomic E-state index is -0.214. The number of hydrogen-bond donors (Lipinski definition) is 1. The predicted octanol–water partition coefficient (Wildman–Crippen LogP) is 2.69. The van der Waals surface area contributed by atoms with Gasteiger partial charge in [-0.3, -0.25) is 4.79 Å². The average molecular weight is 281 g/mol. The molecule has 2 unspecified atom stereocenters. The minimum absolute atomic E-state index is 0.0254. The van der Waals surface area contributed by atoms with Crippen LogP contribution in [-0.2, 0) is 5.54 Å². The third-order valence-electron chi connectivity index (χ3n) is 3.62. The van der Waals surface area contributed by atoms with Crippen molar-refractivity contribution in [1.82, 2.24) is 9.55 Å². The molecule has 1 heterocycles. The van der Waals surface area contributed by atoms with E-state index in [4.69, 9.17) is 0 Å². The lowest BCUT2D eigenvalue weighted by Gasteiger charge is -2.23. The summed E-state index contributed by atoms with van der Waals surface area (Å²) >= 11 is 1.91. The molecule has 1 fully saturated rings. The van der Waals surface area contributed by atoms with E-state index in [1.165, 1.54) is 6.42 Å². The van der Waals surface area contributed by atoms with Crippen LogP contribution >= 0.6 is 11.8 Å². The Labute approximate surface area is 119 Å². The van der Waals surface area contributed by atoms with Gasteiger partial charge in [0.25, 0.3) is 5.56 Å². The fourth-order valence-corrected chi connectivity index (χ4v) is 3.31. The van der Waals surface area contributed by atoms with Gasteiger partial charge < -0.3 is 9.88 Å².